The summed E-state index contributed by atoms with van der Waals surface area (Å²) in [5.74, 6) is -0.407. The fourth-order valence-corrected chi connectivity index (χ4v) is 9.38. The molecule has 0 aliphatic carbocycles. The Labute approximate surface area is 237 Å². The zero-order valence-electron chi connectivity index (χ0n) is 23.8. The number of amides is 3. The molecule has 7 atom stereocenters. The molecule has 3 aliphatic rings. The molecule has 8 nitrogen and oxygen atoms in total. The van der Waals surface area contributed by atoms with Crippen molar-refractivity contribution in [2.45, 2.75) is 94.7 Å². The van der Waals surface area contributed by atoms with Crippen molar-refractivity contribution in [3.8, 4) is 5.75 Å². The number of hydrogen-bond donors (Lipinski definition) is 3. The van der Waals surface area contributed by atoms with Crippen LogP contribution >= 0.6 is 11.8 Å². The molecule has 3 aliphatic heterocycles. The smallest absolute Gasteiger partial charge is 0.244 e. The van der Waals surface area contributed by atoms with Crippen LogP contribution in [0.3, 0.4) is 0 Å². The standard InChI is InChI=1S/C30H45N3O5S/c1-5-11-20(4)31-28(36)26-30-19(3)18-23(39-30)24(25(30)29(37)33(26)16-9-7-8-10-17-34)27(35)32-21-12-14-22(15-13-21)38-6-2/h12-15,19-20,23-26,34H,5-11,16-18H2,1-4H3,(H,31,36)(H,32,35)/t19?,20?,23-,24+,25+,26?,30?/m1/s1. The van der Waals surface area contributed by atoms with Crippen molar-refractivity contribution >= 4 is 35.2 Å². The van der Waals surface area contributed by atoms with Gasteiger partial charge in [-0.1, -0.05) is 33.1 Å². The van der Waals surface area contributed by atoms with E-state index in [-0.39, 0.29) is 41.5 Å². The van der Waals surface area contributed by atoms with Gasteiger partial charge in [0.2, 0.25) is 17.7 Å². The van der Waals surface area contributed by atoms with Crippen molar-refractivity contribution in [2.24, 2.45) is 17.8 Å². The fourth-order valence-electron chi connectivity index (χ4n) is 6.96. The summed E-state index contributed by atoms with van der Waals surface area (Å²) in [6.07, 6.45) is 5.94. The normalized spacial score (nSPS) is 29.8. The second kappa shape index (κ2) is 12.9. The molecule has 3 heterocycles. The number of fused-ring (bicyclic) bond motifs is 1. The van der Waals surface area contributed by atoms with Gasteiger partial charge in [-0.3, -0.25) is 14.4 Å². The SMILES string of the molecule is CCCC(C)NC(=O)C1N(CCCCCCO)C(=O)[C@@H]2[C@@H](C(=O)Nc3ccc(OCC)cc3)[C@H]3CC(C)C12S3. The number of thioether (sulfide) groups is 1. The molecule has 216 valence electrons. The summed E-state index contributed by atoms with van der Waals surface area (Å²) >= 11 is 1.71. The number of anilines is 1. The number of nitrogens with one attached hydrogen (secondary N) is 2. The molecule has 4 rings (SSSR count). The molecule has 1 aromatic rings. The van der Waals surface area contributed by atoms with Crippen LogP contribution in [0.4, 0.5) is 5.69 Å². The first kappa shape index (κ1) is 29.7. The minimum atomic E-state index is -0.607. The van der Waals surface area contributed by atoms with E-state index in [4.69, 9.17) is 9.84 Å². The van der Waals surface area contributed by atoms with Gasteiger partial charge in [0.1, 0.15) is 11.8 Å². The van der Waals surface area contributed by atoms with Gasteiger partial charge in [0, 0.05) is 30.1 Å². The molecule has 3 fully saturated rings. The van der Waals surface area contributed by atoms with E-state index in [1.807, 2.05) is 38.1 Å². The molecule has 1 spiro atoms. The quantitative estimate of drug-likeness (QED) is 0.295. The summed E-state index contributed by atoms with van der Waals surface area (Å²) in [5.41, 5.74) is 0.673. The largest absolute Gasteiger partial charge is 0.494 e. The predicted octanol–water partition coefficient (Wildman–Crippen LogP) is 4.22. The molecular formula is C30H45N3O5S. The van der Waals surface area contributed by atoms with E-state index >= 15 is 0 Å². The molecule has 39 heavy (non-hydrogen) atoms. The minimum absolute atomic E-state index is 0.00622. The number of nitrogens with zero attached hydrogens (tertiary/aromatic N) is 1. The van der Waals surface area contributed by atoms with Gasteiger partial charge < -0.3 is 25.4 Å². The summed E-state index contributed by atoms with van der Waals surface area (Å²) in [7, 11) is 0. The third-order valence-electron chi connectivity index (χ3n) is 8.65. The van der Waals surface area contributed by atoms with Crippen LogP contribution in [0.15, 0.2) is 24.3 Å². The average Bonchev–Trinajstić information content (AvgIpc) is 3.49. The molecule has 2 bridgehead atoms. The monoisotopic (exact) mass is 559 g/mol. The van der Waals surface area contributed by atoms with Crippen molar-refractivity contribution in [3.05, 3.63) is 24.3 Å². The molecule has 0 aromatic heterocycles. The third kappa shape index (κ3) is 5.80. The van der Waals surface area contributed by atoms with Crippen LogP contribution in [-0.2, 0) is 14.4 Å². The van der Waals surface area contributed by atoms with Crippen molar-refractivity contribution in [1.29, 1.82) is 0 Å². The first-order valence-corrected chi connectivity index (χ1v) is 15.6. The van der Waals surface area contributed by atoms with Crippen LogP contribution in [0.5, 0.6) is 5.75 Å². The first-order valence-electron chi connectivity index (χ1n) is 14.7. The number of carbonyl (C=O) groups excluding carboxylic acids is 3. The van der Waals surface area contributed by atoms with Gasteiger partial charge in [0.15, 0.2) is 0 Å². The van der Waals surface area contributed by atoms with Crippen LogP contribution < -0.4 is 15.4 Å². The van der Waals surface area contributed by atoms with Crippen LogP contribution in [0.25, 0.3) is 0 Å². The fraction of sp³-hybridized carbons (Fsp3) is 0.700. The third-order valence-corrected chi connectivity index (χ3v) is 10.7. The van der Waals surface area contributed by atoms with Gasteiger partial charge in [-0.25, -0.2) is 0 Å². The summed E-state index contributed by atoms with van der Waals surface area (Å²) in [4.78, 5) is 43.6. The molecule has 4 unspecified atom stereocenters. The number of aliphatic hydroxyl groups excluding tert-OH is 1. The van der Waals surface area contributed by atoms with Crippen LogP contribution in [-0.4, -0.2) is 69.6 Å². The highest BCUT2D eigenvalue weighted by Crippen LogP contribution is 2.68. The Hall–Kier alpha value is -2.26. The van der Waals surface area contributed by atoms with Crippen molar-refractivity contribution in [3.63, 3.8) is 0 Å². The topological polar surface area (TPSA) is 108 Å². The highest BCUT2D eigenvalue weighted by molar-refractivity contribution is 8.02. The molecule has 9 heteroatoms. The molecule has 0 radical (unpaired) electrons. The molecule has 3 saturated heterocycles. The minimum Gasteiger partial charge on any atom is -0.494 e. The maximum absolute atomic E-state index is 14.1. The number of aliphatic hydroxyl groups is 1. The number of rotatable bonds is 14. The number of ether oxygens (including phenoxy) is 1. The van der Waals surface area contributed by atoms with Crippen molar-refractivity contribution in [2.75, 3.05) is 25.1 Å². The Morgan fingerprint density at radius 3 is 2.54 bits per heavy atom. The Morgan fingerprint density at radius 1 is 1.15 bits per heavy atom. The average molecular weight is 560 g/mol. The Morgan fingerprint density at radius 2 is 1.87 bits per heavy atom. The molecule has 3 N–H and O–H groups in total. The summed E-state index contributed by atoms with van der Waals surface area (Å²) in [5, 5.41) is 15.4. The zero-order chi connectivity index (χ0) is 28.2. The zero-order valence-corrected chi connectivity index (χ0v) is 24.6. The highest BCUT2D eigenvalue weighted by Gasteiger charge is 2.75. The Kier molecular flexibility index (Phi) is 9.86. The van der Waals surface area contributed by atoms with E-state index in [0.29, 0.717) is 18.8 Å². The molecule has 1 aromatic carbocycles. The van der Waals surface area contributed by atoms with Crippen molar-refractivity contribution in [1.82, 2.24) is 10.2 Å². The lowest BCUT2D eigenvalue weighted by molar-refractivity contribution is -0.139. The number of carbonyl (C=O) groups is 3. The lowest BCUT2D eigenvalue weighted by Gasteiger charge is -2.39. The second-order valence-electron chi connectivity index (χ2n) is 11.4. The van der Waals surface area contributed by atoms with Crippen LogP contribution in [0.1, 0.15) is 72.6 Å². The van der Waals surface area contributed by atoms with Gasteiger partial charge in [0.05, 0.1) is 23.2 Å². The van der Waals surface area contributed by atoms with Crippen LogP contribution in [0.2, 0.25) is 0 Å². The maximum atomic E-state index is 14.1. The summed E-state index contributed by atoms with van der Waals surface area (Å²) in [6.45, 7) is 9.41. The number of hydrogen-bond acceptors (Lipinski definition) is 6. The second-order valence-corrected chi connectivity index (χ2v) is 12.9. The highest BCUT2D eigenvalue weighted by atomic mass is 32.2. The Balaban J connectivity index is 1.59. The van der Waals surface area contributed by atoms with E-state index in [2.05, 4.69) is 24.5 Å². The van der Waals surface area contributed by atoms with Gasteiger partial charge in [-0.2, -0.15) is 0 Å². The van der Waals surface area contributed by atoms with E-state index in [0.717, 1.165) is 50.7 Å². The van der Waals surface area contributed by atoms with E-state index in [9.17, 15) is 14.4 Å². The number of likely N-dealkylation sites (tertiary alicyclic amines) is 1. The molecule has 0 saturated carbocycles. The van der Waals surface area contributed by atoms with Gasteiger partial charge in [-0.15, -0.1) is 11.8 Å². The van der Waals surface area contributed by atoms with E-state index in [1.165, 1.54) is 0 Å². The number of unbranched alkanes of at least 4 members (excludes halogenated alkanes) is 3. The summed E-state index contributed by atoms with van der Waals surface area (Å²) in [6, 6.07) is 6.74. The van der Waals surface area contributed by atoms with Gasteiger partial charge >= 0.3 is 0 Å². The Bertz CT molecular complexity index is 1020. The lowest BCUT2D eigenvalue weighted by Crippen LogP contribution is -2.57. The van der Waals surface area contributed by atoms with E-state index in [1.54, 1.807) is 16.7 Å². The van der Waals surface area contributed by atoms with E-state index < -0.39 is 22.6 Å². The lowest BCUT2D eigenvalue weighted by atomic mass is 9.65. The molecule has 3 amide bonds. The predicted molar refractivity (Wildman–Crippen MR) is 155 cm³/mol. The molecular weight excluding hydrogens is 514 g/mol. The van der Waals surface area contributed by atoms with Gasteiger partial charge in [0.25, 0.3) is 0 Å². The first-order chi connectivity index (χ1) is 18.8. The maximum Gasteiger partial charge on any atom is 0.244 e. The summed E-state index contributed by atoms with van der Waals surface area (Å²) < 4.78 is 4.91. The number of benzene rings is 1. The van der Waals surface area contributed by atoms with Crippen molar-refractivity contribution < 1.29 is 24.2 Å². The van der Waals surface area contributed by atoms with Crippen LogP contribution in [0, 0.1) is 17.8 Å². The van der Waals surface area contributed by atoms with Gasteiger partial charge in [-0.05, 0) is 69.7 Å².